The number of hydrogen-bond donors (Lipinski definition) is 0. The van der Waals surface area contributed by atoms with E-state index < -0.39 is 0 Å². The van der Waals surface area contributed by atoms with E-state index >= 15 is 0 Å². The van der Waals surface area contributed by atoms with E-state index in [-0.39, 0.29) is 5.69 Å². The van der Waals surface area contributed by atoms with E-state index in [9.17, 15) is 4.79 Å². The van der Waals surface area contributed by atoms with Crippen LogP contribution < -0.4 is 10.6 Å². The van der Waals surface area contributed by atoms with Crippen LogP contribution in [0.15, 0.2) is 23.1 Å². The van der Waals surface area contributed by atoms with Crippen LogP contribution in [0.4, 0.5) is 5.95 Å². The lowest BCUT2D eigenvalue weighted by Gasteiger charge is -2.10. The van der Waals surface area contributed by atoms with Gasteiger partial charge in [0.15, 0.2) is 5.65 Å². The fraction of sp³-hybridized carbons (Fsp3) is 0.222. The number of rotatable bonds is 1. The second kappa shape index (κ2) is 3.76. The average molecular weight is 316 g/mol. The summed E-state index contributed by atoms with van der Waals surface area (Å²) >= 11 is 2.15. The summed E-state index contributed by atoms with van der Waals surface area (Å²) in [4.78, 5) is 21.5. The molecule has 0 bridgehead atoms. The molecule has 0 saturated carbocycles. The standard InChI is InChI=1S/C9H9IN4O/c1-13(2)8-11-7-6(10)4-3-5-14(7)9(15)12-8/h3-5H,1-2H3. The first-order valence-electron chi connectivity index (χ1n) is 4.32. The average Bonchev–Trinajstić information content (AvgIpc) is 2.19. The topological polar surface area (TPSA) is 50.5 Å². The molecule has 0 aliphatic rings. The van der Waals surface area contributed by atoms with E-state index in [2.05, 4.69) is 32.6 Å². The highest BCUT2D eigenvalue weighted by Gasteiger charge is 2.06. The number of halogens is 1. The van der Waals surface area contributed by atoms with Gasteiger partial charge in [0.2, 0.25) is 5.95 Å². The normalized spacial score (nSPS) is 10.6. The lowest BCUT2D eigenvalue weighted by atomic mass is 10.5. The van der Waals surface area contributed by atoms with Gasteiger partial charge in [-0.1, -0.05) is 0 Å². The van der Waals surface area contributed by atoms with Crippen molar-refractivity contribution in [3.05, 3.63) is 32.4 Å². The molecule has 6 heteroatoms. The Morgan fingerprint density at radius 3 is 2.80 bits per heavy atom. The molecule has 0 radical (unpaired) electrons. The minimum absolute atomic E-state index is 0.304. The van der Waals surface area contributed by atoms with Crippen LogP contribution in [0.25, 0.3) is 5.65 Å². The second-order valence-electron chi connectivity index (χ2n) is 3.25. The summed E-state index contributed by atoms with van der Waals surface area (Å²) in [5, 5.41) is 0. The highest BCUT2D eigenvalue weighted by atomic mass is 127. The Hall–Kier alpha value is -1.18. The van der Waals surface area contributed by atoms with Gasteiger partial charge < -0.3 is 4.90 Å². The lowest BCUT2D eigenvalue weighted by Crippen LogP contribution is -2.24. The minimum Gasteiger partial charge on any atom is -0.347 e. The largest absolute Gasteiger partial charge is 0.356 e. The van der Waals surface area contributed by atoms with Gasteiger partial charge in [-0.25, -0.2) is 4.79 Å². The molecule has 0 unspecified atom stereocenters. The van der Waals surface area contributed by atoms with Gasteiger partial charge in [-0.05, 0) is 34.7 Å². The third-order valence-electron chi connectivity index (χ3n) is 1.93. The van der Waals surface area contributed by atoms with Crippen LogP contribution in [-0.2, 0) is 0 Å². The molecule has 2 aromatic rings. The zero-order chi connectivity index (χ0) is 11.0. The molecule has 0 amide bonds. The molecule has 0 aliphatic carbocycles. The summed E-state index contributed by atoms with van der Waals surface area (Å²) in [6.45, 7) is 0. The third kappa shape index (κ3) is 1.81. The van der Waals surface area contributed by atoms with Crippen LogP contribution in [0.3, 0.4) is 0 Å². The maximum atomic E-state index is 11.6. The Kier molecular flexibility index (Phi) is 2.59. The Bertz CT molecular complexity index is 564. The molecule has 5 nitrogen and oxygen atoms in total. The van der Waals surface area contributed by atoms with Crippen LogP contribution in [-0.4, -0.2) is 28.5 Å². The molecule has 0 fully saturated rings. The molecule has 0 spiro atoms. The molecule has 0 aliphatic heterocycles. The van der Waals surface area contributed by atoms with Crippen LogP contribution >= 0.6 is 22.6 Å². The molecule has 0 atom stereocenters. The fourth-order valence-electron chi connectivity index (χ4n) is 1.19. The second-order valence-corrected chi connectivity index (χ2v) is 4.41. The van der Waals surface area contributed by atoms with Crippen molar-refractivity contribution in [1.82, 2.24) is 14.4 Å². The Labute approximate surface area is 99.9 Å². The molecule has 2 rings (SSSR count). The predicted molar refractivity (Wildman–Crippen MR) is 66.3 cm³/mol. The van der Waals surface area contributed by atoms with Gasteiger partial charge >= 0.3 is 5.69 Å². The molecular weight excluding hydrogens is 307 g/mol. The van der Waals surface area contributed by atoms with Crippen LogP contribution in [0, 0.1) is 3.57 Å². The number of pyridine rings is 1. The summed E-state index contributed by atoms with van der Waals surface area (Å²) in [6.07, 6.45) is 1.67. The lowest BCUT2D eigenvalue weighted by molar-refractivity contribution is 0.897. The van der Waals surface area contributed by atoms with E-state index in [1.165, 1.54) is 4.40 Å². The number of anilines is 1. The zero-order valence-electron chi connectivity index (χ0n) is 8.31. The van der Waals surface area contributed by atoms with Gasteiger partial charge in [0.1, 0.15) is 0 Å². The van der Waals surface area contributed by atoms with E-state index in [0.717, 1.165) is 3.57 Å². The summed E-state index contributed by atoms with van der Waals surface area (Å²) in [5.41, 5.74) is 0.337. The van der Waals surface area contributed by atoms with Gasteiger partial charge in [0, 0.05) is 20.3 Å². The fourth-order valence-corrected chi connectivity index (χ4v) is 1.78. The molecule has 0 aromatic carbocycles. The first-order valence-corrected chi connectivity index (χ1v) is 5.40. The quantitative estimate of drug-likeness (QED) is 0.729. The predicted octanol–water partition coefficient (Wildman–Crippen LogP) is 0.760. The number of nitrogens with zero attached hydrogens (tertiary/aromatic N) is 4. The molecule has 0 N–H and O–H groups in total. The van der Waals surface area contributed by atoms with Gasteiger partial charge in [-0.2, -0.15) is 9.97 Å². The minimum atomic E-state index is -0.304. The highest BCUT2D eigenvalue weighted by Crippen LogP contribution is 2.11. The molecule has 0 saturated heterocycles. The monoisotopic (exact) mass is 316 g/mol. The number of aromatic nitrogens is 3. The van der Waals surface area contributed by atoms with E-state index in [0.29, 0.717) is 11.6 Å². The van der Waals surface area contributed by atoms with E-state index in [1.807, 2.05) is 6.07 Å². The van der Waals surface area contributed by atoms with Crippen LogP contribution in [0.2, 0.25) is 0 Å². The van der Waals surface area contributed by atoms with Crippen molar-refractivity contribution in [2.24, 2.45) is 0 Å². The summed E-state index contributed by atoms with van der Waals surface area (Å²) in [6, 6.07) is 3.70. The molecule has 2 aromatic heterocycles. The summed E-state index contributed by atoms with van der Waals surface area (Å²) < 4.78 is 2.37. The summed E-state index contributed by atoms with van der Waals surface area (Å²) in [5.74, 6) is 0.434. The maximum Gasteiger partial charge on any atom is 0.356 e. The third-order valence-corrected chi connectivity index (χ3v) is 2.77. The van der Waals surface area contributed by atoms with Crippen LogP contribution in [0.1, 0.15) is 0 Å². The van der Waals surface area contributed by atoms with Crippen molar-refractivity contribution < 1.29 is 0 Å². The van der Waals surface area contributed by atoms with Crippen molar-refractivity contribution in [2.75, 3.05) is 19.0 Å². The van der Waals surface area contributed by atoms with Crippen molar-refractivity contribution in [3.63, 3.8) is 0 Å². The molecule has 2 heterocycles. The molecule has 15 heavy (non-hydrogen) atoms. The van der Waals surface area contributed by atoms with Crippen molar-refractivity contribution in [3.8, 4) is 0 Å². The molecular formula is C9H9IN4O. The number of fused-ring (bicyclic) bond motifs is 1. The van der Waals surface area contributed by atoms with Crippen molar-refractivity contribution in [1.29, 1.82) is 0 Å². The Balaban J connectivity index is 2.86. The highest BCUT2D eigenvalue weighted by molar-refractivity contribution is 14.1. The number of hydrogen-bond acceptors (Lipinski definition) is 4. The zero-order valence-corrected chi connectivity index (χ0v) is 10.5. The van der Waals surface area contributed by atoms with Gasteiger partial charge in [-0.15, -0.1) is 0 Å². The van der Waals surface area contributed by atoms with E-state index in [1.54, 1.807) is 31.3 Å². The first-order chi connectivity index (χ1) is 7.09. The van der Waals surface area contributed by atoms with Crippen LogP contribution in [0.5, 0.6) is 0 Å². The van der Waals surface area contributed by atoms with Crippen molar-refractivity contribution >= 4 is 34.2 Å². The smallest absolute Gasteiger partial charge is 0.347 e. The van der Waals surface area contributed by atoms with Gasteiger partial charge in [0.05, 0.1) is 3.57 Å². The maximum absolute atomic E-state index is 11.6. The van der Waals surface area contributed by atoms with Crippen molar-refractivity contribution in [2.45, 2.75) is 0 Å². The first kappa shape index (κ1) is 10.3. The molecule has 78 valence electrons. The van der Waals surface area contributed by atoms with E-state index in [4.69, 9.17) is 0 Å². The SMILES string of the molecule is CN(C)c1nc(=O)n2cccc(I)c2n1. The van der Waals surface area contributed by atoms with Gasteiger partial charge in [0.25, 0.3) is 0 Å². The summed E-state index contributed by atoms with van der Waals surface area (Å²) in [7, 11) is 3.61. The Morgan fingerprint density at radius 2 is 2.13 bits per heavy atom. The Morgan fingerprint density at radius 1 is 1.40 bits per heavy atom. The van der Waals surface area contributed by atoms with Gasteiger partial charge in [-0.3, -0.25) is 4.40 Å².